The molecule has 1 aromatic heterocycles. The molecule has 9 heteroatoms. The van der Waals surface area contributed by atoms with E-state index in [1.165, 1.54) is 27.1 Å². The van der Waals surface area contributed by atoms with Crippen molar-refractivity contribution < 1.29 is 17.6 Å². The molecule has 3 aromatic rings. The summed E-state index contributed by atoms with van der Waals surface area (Å²) in [6.07, 6.45) is 3.71. The summed E-state index contributed by atoms with van der Waals surface area (Å²) in [4.78, 5) is 25.3. The van der Waals surface area contributed by atoms with Gasteiger partial charge in [-0.3, -0.25) is 9.36 Å². The van der Waals surface area contributed by atoms with E-state index in [-0.39, 0.29) is 22.9 Å². The van der Waals surface area contributed by atoms with Gasteiger partial charge < -0.3 is 9.73 Å². The van der Waals surface area contributed by atoms with Crippen LogP contribution in [0.5, 0.6) is 0 Å². The van der Waals surface area contributed by atoms with E-state index in [0.717, 1.165) is 48.1 Å². The number of hydrogen-bond donors (Lipinski definition) is 1. The fraction of sp³-hybridized carbons (Fsp3) is 0.417. The van der Waals surface area contributed by atoms with Crippen molar-refractivity contribution in [2.75, 3.05) is 18.4 Å². The van der Waals surface area contributed by atoms with Gasteiger partial charge in [-0.15, -0.1) is 0 Å². The van der Waals surface area contributed by atoms with Gasteiger partial charge >= 0.3 is 5.76 Å². The first-order chi connectivity index (χ1) is 15.7. The van der Waals surface area contributed by atoms with Crippen molar-refractivity contribution in [1.29, 1.82) is 0 Å². The summed E-state index contributed by atoms with van der Waals surface area (Å²) in [5.74, 6) is -1.07. The lowest BCUT2D eigenvalue weighted by Crippen LogP contribution is -2.31. The van der Waals surface area contributed by atoms with Gasteiger partial charge in [0.1, 0.15) is 6.54 Å². The molecule has 1 N–H and O–H groups in total. The zero-order valence-electron chi connectivity index (χ0n) is 19.2. The normalized spacial score (nSPS) is 15.5. The highest BCUT2D eigenvalue weighted by molar-refractivity contribution is 7.89. The van der Waals surface area contributed by atoms with Gasteiger partial charge in [-0.1, -0.05) is 30.5 Å². The van der Waals surface area contributed by atoms with Crippen LogP contribution in [0.25, 0.3) is 11.1 Å². The molecule has 1 saturated heterocycles. The number of fused-ring (bicyclic) bond motifs is 1. The molecule has 33 heavy (non-hydrogen) atoms. The van der Waals surface area contributed by atoms with E-state index in [9.17, 15) is 18.0 Å². The second-order valence-electron chi connectivity index (χ2n) is 8.72. The Labute approximate surface area is 193 Å². The van der Waals surface area contributed by atoms with E-state index in [2.05, 4.69) is 5.32 Å². The number of amides is 1. The molecule has 2 heterocycles. The van der Waals surface area contributed by atoms with Crippen LogP contribution < -0.4 is 11.1 Å². The number of nitrogens with one attached hydrogen (secondary N) is 1. The van der Waals surface area contributed by atoms with Crippen molar-refractivity contribution >= 4 is 32.7 Å². The van der Waals surface area contributed by atoms with Gasteiger partial charge in [-0.25, -0.2) is 13.2 Å². The Kier molecular flexibility index (Phi) is 6.45. The van der Waals surface area contributed by atoms with Crippen LogP contribution in [0, 0.1) is 20.8 Å². The third-order valence-electron chi connectivity index (χ3n) is 6.09. The molecule has 0 saturated carbocycles. The number of oxazole rings is 1. The lowest BCUT2D eigenvalue weighted by molar-refractivity contribution is -0.116. The summed E-state index contributed by atoms with van der Waals surface area (Å²) in [5.41, 5.74) is 4.22. The molecule has 1 fully saturated rings. The second-order valence-corrected chi connectivity index (χ2v) is 10.7. The van der Waals surface area contributed by atoms with E-state index in [1.54, 1.807) is 0 Å². The van der Waals surface area contributed by atoms with Crippen molar-refractivity contribution in [1.82, 2.24) is 8.87 Å². The van der Waals surface area contributed by atoms with Crippen LogP contribution in [-0.4, -0.2) is 36.3 Å². The number of carbonyl (C=O) groups is 1. The van der Waals surface area contributed by atoms with Crippen LogP contribution in [0.4, 0.5) is 5.69 Å². The van der Waals surface area contributed by atoms with Crippen LogP contribution in [0.3, 0.4) is 0 Å². The van der Waals surface area contributed by atoms with Crippen molar-refractivity contribution in [2.45, 2.75) is 57.9 Å². The third kappa shape index (κ3) is 4.74. The molecule has 0 bridgehead atoms. The van der Waals surface area contributed by atoms with E-state index in [1.807, 2.05) is 32.9 Å². The molecular weight excluding hydrogens is 442 g/mol. The summed E-state index contributed by atoms with van der Waals surface area (Å²) >= 11 is 0. The first-order valence-corrected chi connectivity index (χ1v) is 12.6. The minimum atomic E-state index is -3.67. The van der Waals surface area contributed by atoms with Gasteiger partial charge in [0, 0.05) is 24.8 Å². The molecule has 8 nitrogen and oxygen atoms in total. The van der Waals surface area contributed by atoms with Crippen LogP contribution in [0.1, 0.15) is 42.4 Å². The van der Waals surface area contributed by atoms with E-state index in [0.29, 0.717) is 18.6 Å². The van der Waals surface area contributed by atoms with E-state index < -0.39 is 15.8 Å². The maximum absolute atomic E-state index is 13.1. The minimum absolute atomic E-state index is 0.0909. The molecule has 1 aliphatic rings. The van der Waals surface area contributed by atoms with Gasteiger partial charge in [-0.2, -0.15) is 4.31 Å². The Balaban J connectivity index is 1.59. The molecule has 0 atom stereocenters. The number of anilines is 1. The lowest BCUT2D eigenvalue weighted by atomic mass is 10.1. The average molecular weight is 472 g/mol. The number of sulfonamides is 1. The Morgan fingerprint density at radius 1 is 1.00 bits per heavy atom. The largest absolute Gasteiger partial charge is 0.420 e. The van der Waals surface area contributed by atoms with Crippen molar-refractivity contribution in [2.24, 2.45) is 0 Å². The summed E-state index contributed by atoms with van der Waals surface area (Å²) in [7, 11) is -3.67. The first-order valence-electron chi connectivity index (χ1n) is 11.2. The Bertz CT molecular complexity index is 1340. The predicted octanol–water partition coefficient (Wildman–Crippen LogP) is 3.72. The highest BCUT2D eigenvalue weighted by Crippen LogP contribution is 2.25. The molecule has 1 aliphatic heterocycles. The number of carbonyl (C=O) groups excluding carboxylic acids is 1. The fourth-order valence-electron chi connectivity index (χ4n) is 4.49. The van der Waals surface area contributed by atoms with Gasteiger partial charge in [0.15, 0.2) is 5.58 Å². The number of aromatic nitrogens is 1. The van der Waals surface area contributed by atoms with Crippen molar-refractivity contribution in [3.63, 3.8) is 0 Å². The smallest absolute Gasteiger partial charge is 0.408 e. The summed E-state index contributed by atoms with van der Waals surface area (Å²) < 4.78 is 34.2. The van der Waals surface area contributed by atoms with Gasteiger partial charge in [-0.05, 0) is 56.9 Å². The standard InChI is InChI=1S/C24H29N3O5S/c1-16-12-17(2)23(18(3)13-16)25-22(28)15-27-20-9-8-19(14-21(20)32-24(27)29)33(30,31)26-10-6-4-5-7-11-26/h8-9,12-14H,4-7,10-11,15H2,1-3H3,(H,25,28). The fourth-order valence-corrected chi connectivity index (χ4v) is 6.02. The lowest BCUT2D eigenvalue weighted by Gasteiger charge is -2.19. The maximum Gasteiger partial charge on any atom is 0.420 e. The number of aryl methyl sites for hydroxylation is 3. The molecule has 1 amide bonds. The van der Waals surface area contributed by atoms with Crippen molar-refractivity contribution in [3.05, 3.63) is 57.6 Å². The zero-order chi connectivity index (χ0) is 23.8. The highest BCUT2D eigenvalue weighted by Gasteiger charge is 2.26. The van der Waals surface area contributed by atoms with E-state index in [4.69, 9.17) is 4.42 Å². The third-order valence-corrected chi connectivity index (χ3v) is 7.98. The Morgan fingerprint density at radius 3 is 2.27 bits per heavy atom. The topological polar surface area (TPSA) is 102 Å². The van der Waals surface area contributed by atoms with Crippen LogP contribution >= 0.6 is 0 Å². The van der Waals surface area contributed by atoms with Crippen LogP contribution in [-0.2, 0) is 21.4 Å². The summed E-state index contributed by atoms with van der Waals surface area (Å²) in [6.45, 7) is 6.57. The second kappa shape index (κ2) is 9.15. The van der Waals surface area contributed by atoms with Gasteiger partial charge in [0.25, 0.3) is 0 Å². The number of nitrogens with zero attached hydrogens (tertiary/aromatic N) is 2. The molecular formula is C24H29N3O5S. The van der Waals surface area contributed by atoms with Crippen molar-refractivity contribution in [3.8, 4) is 0 Å². The van der Waals surface area contributed by atoms with Gasteiger partial charge in [0.2, 0.25) is 15.9 Å². The Morgan fingerprint density at radius 2 is 1.64 bits per heavy atom. The maximum atomic E-state index is 13.1. The number of rotatable bonds is 5. The monoisotopic (exact) mass is 471 g/mol. The van der Waals surface area contributed by atoms with Gasteiger partial charge in [0.05, 0.1) is 10.4 Å². The molecule has 0 radical (unpaired) electrons. The highest BCUT2D eigenvalue weighted by atomic mass is 32.2. The molecule has 2 aromatic carbocycles. The molecule has 176 valence electrons. The first kappa shape index (κ1) is 23.3. The molecule has 0 spiro atoms. The quantitative estimate of drug-likeness (QED) is 0.611. The zero-order valence-corrected chi connectivity index (χ0v) is 20.0. The van der Waals surface area contributed by atoms with Crippen LogP contribution in [0.15, 0.2) is 44.4 Å². The van der Waals surface area contributed by atoms with Crippen LogP contribution in [0.2, 0.25) is 0 Å². The average Bonchev–Trinajstić information content (AvgIpc) is 2.93. The molecule has 0 aliphatic carbocycles. The SMILES string of the molecule is Cc1cc(C)c(NC(=O)Cn2c(=O)oc3cc(S(=O)(=O)N4CCCCCC4)ccc32)c(C)c1. The summed E-state index contributed by atoms with van der Waals surface area (Å²) in [6, 6.07) is 8.34. The van der Waals surface area contributed by atoms with E-state index >= 15 is 0 Å². The number of benzene rings is 2. The summed E-state index contributed by atoms with van der Waals surface area (Å²) in [5, 5.41) is 2.88. The number of hydrogen-bond acceptors (Lipinski definition) is 5. The molecule has 0 unspecified atom stereocenters. The minimum Gasteiger partial charge on any atom is -0.408 e. The predicted molar refractivity (Wildman–Crippen MR) is 127 cm³/mol. The molecule has 4 rings (SSSR count). The Hall–Kier alpha value is -2.91.